The molecule has 5 nitrogen and oxygen atoms in total. The van der Waals surface area contributed by atoms with Gasteiger partial charge in [0, 0.05) is 17.5 Å². The maximum absolute atomic E-state index is 14.8. The summed E-state index contributed by atoms with van der Waals surface area (Å²) in [5, 5.41) is 6.31. The Labute approximate surface area is 152 Å². The zero-order valence-corrected chi connectivity index (χ0v) is 15.6. The lowest BCUT2D eigenvalue weighted by molar-refractivity contribution is 0.362. The topological polar surface area (TPSA) is 74.8 Å². The number of rotatable bonds is 5. The molecular formula is C18H23F2N3O2S. The predicted molar refractivity (Wildman–Crippen MR) is 96.1 cm³/mol. The van der Waals surface area contributed by atoms with Crippen LogP contribution in [0.15, 0.2) is 24.3 Å². The largest absolute Gasteiger partial charge is 0.279 e. The van der Waals surface area contributed by atoms with Crippen molar-refractivity contribution in [3.05, 3.63) is 41.6 Å². The number of H-pyrrole nitrogens is 1. The first-order chi connectivity index (χ1) is 12.3. The molecule has 1 aliphatic rings. The van der Waals surface area contributed by atoms with Gasteiger partial charge in [-0.25, -0.2) is 21.9 Å². The van der Waals surface area contributed by atoms with Gasteiger partial charge in [0.15, 0.2) is 5.82 Å². The highest BCUT2D eigenvalue weighted by atomic mass is 32.2. The number of sulfonamides is 1. The summed E-state index contributed by atoms with van der Waals surface area (Å²) in [6.45, 7) is 3.28. The van der Waals surface area contributed by atoms with Crippen molar-refractivity contribution >= 4 is 10.0 Å². The van der Waals surface area contributed by atoms with Crippen molar-refractivity contribution in [2.45, 2.75) is 56.7 Å². The van der Waals surface area contributed by atoms with Gasteiger partial charge in [-0.15, -0.1) is 0 Å². The van der Waals surface area contributed by atoms with Gasteiger partial charge in [0.05, 0.1) is 10.9 Å². The lowest BCUT2D eigenvalue weighted by Gasteiger charge is -2.28. The third kappa shape index (κ3) is 3.96. The molecule has 1 fully saturated rings. The molecule has 0 amide bonds. The molecule has 0 radical (unpaired) electrons. The molecular weight excluding hydrogens is 360 g/mol. The van der Waals surface area contributed by atoms with Crippen LogP contribution in [0.5, 0.6) is 0 Å². The fourth-order valence-electron chi connectivity index (χ4n) is 3.31. The second kappa shape index (κ2) is 7.44. The van der Waals surface area contributed by atoms with Gasteiger partial charge in [-0.2, -0.15) is 5.10 Å². The number of aromatic nitrogens is 2. The van der Waals surface area contributed by atoms with Crippen LogP contribution in [0, 0.1) is 11.6 Å². The van der Waals surface area contributed by atoms with Crippen molar-refractivity contribution < 1.29 is 17.2 Å². The SMILES string of the molecule is CC(C)S(=O)(=O)NC1CCC(c2[nH]nc(-c3cccc(F)c3)c2F)CC1. The minimum Gasteiger partial charge on any atom is -0.279 e. The monoisotopic (exact) mass is 383 g/mol. The summed E-state index contributed by atoms with van der Waals surface area (Å²) in [6, 6.07) is 5.57. The van der Waals surface area contributed by atoms with Crippen molar-refractivity contribution in [2.75, 3.05) is 0 Å². The maximum atomic E-state index is 14.8. The Hall–Kier alpha value is -1.80. The maximum Gasteiger partial charge on any atom is 0.214 e. The van der Waals surface area contributed by atoms with Crippen LogP contribution in [0.4, 0.5) is 8.78 Å². The first-order valence-corrected chi connectivity index (χ1v) is 10.3. The highest BCUT2D eigenvalue weighted by molar-refractivity contribution is 7.90. The average Bonchev–Trinajstić information content (AvgIpc) is 2.97. The standard InChI is InChI=1S/C18H23F2N3O2S/c1-11(2)26(24,25)23-15-8-6-12(7-9-15)17-16(20)18(22-21-17)13-4-3-5-14(19)10-13/h3-5,10-12,15,23H,6-9H2,1-2H3,(H,21,22). The van der Waals surface area contributed by atoms with E-state index < -0.39 is 26.9 Å². The Bertz CT molecular complexity index is 872. The summed E-state index contributed by atoms with van der Waals surface area (Å²) in [6.07, 6.45) is 2.61. The van der Waals surface area contributed by atoms with Crippen LogP contribution >= 0.6 is 0 Å². The number of aromatic amines is 1. The Kier molecular flexibility index (Phi) is 5.43. The average molecular weight is 383 g/mol. The molecule has 0 unspecified atom stereocenters. The highest BCUT2D eigenvalue weighted by Crippen LogP contribution is 2.36. The smallest absolute Gasteiger partial charge is 0.214 e. The molecule has 8 heteroatoms. The van der Waals surface area contributed by atoms with Gasteiger partial charge in [-0.05, 0) is 51.7 Å². The predicted octanol–water partition coefficient (Wildman–Crippen LogP) is 3.71. The third-order valence-corrected chi connectivity index (χ3v) is 6.82. The molecule has 0 aliphatic heterocycles. The van der Waals surface area contributed by atoms with E-state index in [0.717, 1.165) is 0 Å². The lowest BCUT2D eigenvalue weighted by Crippen LogP contribution is -2.40. The van der Waals surface area contributed by atoms with Crippen molar-refractivity contribution in [1.29, 1.82) is 0 Å². The molecule has 1 saturated carbocycles. The summed E-state index contributed by atoms with van der Waals surface area (Å²) >= 11 is 0. The highest BCUT2D eigenvalue weighted by Gasteiger charge is 2.30. The molecule has 1 heterocycles. The van der Waals surface area contributed by atoms with E-state index in [1.54, 1.807) is 19.9 Å². The van der Waals surface area contributed by atoms with E-state index in [1.165, 1.54) is 18.2 Å². The second-order valence-electron chi connectivity index (χ2n) is 7.07. The minimum absolute atomic E-state index is 0.0513. The van der Waals surface area contributed by atoms with Gasteiger partial charge in [-0.1, -0.05) is 12.1 Å². The summed E-state index contributed by atoms with van der Waals surface area (Å²) in [4.78, 5) is 0. The Morgan fingerprint density at radius 3 is 2.50 bits per heavy atom. The molecule has 1 aromatic heterocycles. The van der Waals surface area contributed by atoms with Crippen LogP contribution in [-0.4, -0.2) is 29.9 Å². The minimum atomic E-state index is -3.30. The Balaban J connectivity index is 1.69. The summed E-state index contributed by atoms with van der Waals surface area (Å²) in [7, 11) is -3.30. The van der Waals surface area contributed by atoms with Crippen LogP contribution < -0.4 is 4.72 Å². The number of hydrogen-bond donors (Lipinski definition) is 2. The van der Waals surface area contributed by atoms with E-state index in [4.69, 9.17) is 0 Å². The van der Waals surface area contributed by atoms with Gasteiger partial charge in [0.2, 0.25) is 10.0 Å². The van der Waals surface area contributed by atoms with Crippen LogP contribution in [0.25, 0.3) is 11.3 Å². The number of nitrogens with zero attached hydrogens (tertiary/aromatic N) is 1. The fraction of sp³-hybridized carbons (Fsp3) is 0.500. The number of hydrogen-bond acceptors (Lipinski definition) is 3. The molecule has 26 heavy (non-hydrogen) atoms. The molecule has 1 aliphatic carbocycles. The molecule has 142 valence electrons. The fourth-order valence-corrected chi connectivity index (χ4v) is 4.28. The van der Waals surface area contributed by atoms with Crippen molar-refractivity contribution in [3.8, 4) is 11.3 Å². The van der Waals surface area contributed by atoms with E-state index in [9.17, 15) is 17.2 Å². The zero-order chi connectivity index (χ0) is 18.9. The Morgan fingerprint density at radius 1 is 1.19 bits per heavy atom. The zero-order valence-electron chi connectivity index (χ0n) is 14.8. The summed E-state index contributed by atoms with van der Waals surface area (Å²) < 4.78 is 54.8. The van der Waals surface area contributed by atoms with E-state index >= 15 is 0 Å². The van der Waals surface area contributed by atoms with Gasteiger partial charge >= 0.3 is 0 Å². The van der Waals surface area contributed by atoms with Crippen LogP contribution in [0.3, 0.4) is 0 Å². The quantitative estimate of drug-likeness (QED) is 0.827. The molecule has 2 aromatic rings. The van der Waals surface area contributed by atoms with Crippen LogP contribution in [0.1, 0.15) is 51.1 Å². The van der Waals surface area contributed by atoms with Crippen LogP contribution in [0.2, 0.25) is 0 Å². The van der Waals surface area contributed by atoms with Crippen LogP contribution in [-0.2, 0) is 10.0 Å². The second-order valence-corrected chi connectivity index (χ2v) is 9.34. The van der Waals surface area contributed by atoms with E-state index in [2.05, 4.69) is 14.9 Å². The normalized spacial score (nSPS) is 21.3. The van der Waals surface area contributed by atoms with Crippen molar-refractivity contribution in [1.82, 2.24) is 14.9 Å². The first-order valence-electron chi connectivity index (χ1n) is 8.78. The molecule has 0 atom stereocenters. The van der Waals surface area contributed by atoms with Gasteiger partial charge in [0.1, 0.15) is 11.5 Å². The summed E-state index contributed by atoms with van der Waals surface area (Å²) in [5.41, 5.74) is 0.917. The molecule has 0 spiro atoms. The van der Waals surface area contributed by atoms with Crippen molar-refractivity contribution in [3.63, 3.8) is 0 Å². The molecule has 3 rings (SSSR count). The molecule has 1 aromatic carbocycles. The molecule has 2 N–H and O–H groups in total. The number of nitrogens with one attached hydrogen (secondary N) is 2. The van der Waals surface area contributed by atoms with Crippen molar-refractivity contribution in [2.24, 2.45) is 0 Å². The van der Waals surface area contributed by atoms with Gasteiger partial charge < -0.3 is 0 Å². The van der Waals surface area contributed by atoms with E-state index in [0.29, 0.717) is 36.9 Å². The first kappa shape index (κ1) is 19.0. The van der Waals surface area contributed by atoms with E-state index in [1.807, 2.05) is 0 Å². The molecule has 0 bridgehead atoms. The van der Waals surface area contributed by atoms with Gasteiger partial charge in [-0.3, -0.25) is 5.10 Å². The van der Waals surface area contributed by atoms with E-state index in [-0.39, 0.29) is 17.7 Å². The molecule has 0 saturated heterocycles. The Morgan fingerprint density at radius 2 is 1.88 bits per heavy atom. The number of halogens is 2. The third-order valence-electron chi connectivity index (χ3n) is 4.92. The lowest BCUT2D eigenvalue weighted by atomic mass is 9.84. The van der Waals surface area contributed by atoms with Gasteiger partial charge in [0.25, 0.3) is 0 Å². The number of benzene rings is 1. The summed E-state index contributed by atoms with van der Waals surface area (Å²) in [5.74, 6) is -0.948.